The van der Waals surface area contributed by atoms with Crippen LogP contribution in [0.2, 0.25) is 5.02 Å². The Morgan fingerprint density at radius 2 is 1.95 bits per heavy atom. The van der Waals surface area contributed by atoms with Gasteiger partial charge in [0.25, 0.3) is 5.91 Å². The molecule has 0 radical (unpaired) electrons. The van der Waals surface area contributed by atoms with Gasteiger partial charge < -0.3 is 10.3 Å². The number of nitrogens with two attached hydrogens (primary N) is 1. The Labute approximate surface area is 121 Å². The second-order valence-electron chi connectivity index (χ2n) is 4.24. The molecule has 104 valence electrons. The van der Waals surface area contributed by atoms with Gasteiger partial charge in [-0.05, 0) is 29.8 Å². The molecule has 0 atom stereocenters. The van der Waals surface area contributed by atoms with Crippen molar-refractivity contribution in [1.82, 2.24) is 15.1 Å². The first-order chi connectivity index (χ1) is 9.60. The van der Waals surface area contributed by atoms with E-state index in [1.807, 2.05) is 12.1 Å². The lowest BCUT2D eigenvalue weighted by molar-refractivity contribution is 0.0778. The molecule has 0 spiro atoms. The van der Waals surface area contributed by atoms with E-state index in [0.717, 1.165) is 5.56 Å². The fraction of sp³-hybridized carbons (Fsp3) is 0.154. The summed E-state index contributed by atoms with van der Waals surface area (Å²) in [5, 5.41) is 8.25. The normalized spacial score (nSPS) is 10.2. The maximum Gasteiger partial charge on any atom is 0.274 e. The van der Waals surface area contributed by atoms with E-state index in [1.165, 1.54) is 0 Å². The Morgan fingerprint density at radius 1 is 1.25 bits per heavy atom. The molecule has 3 N–H and O–H groups in total. The molecular weight excluding hydrogens is 278 g/mol. The Balaban J connectivity index is 2.05. The number of benzene rings is 1. The van der Waals surface area contributed by atoms with Crippen molar-refractivity contribution in [2.45, 2.75) is 6.54 Å². The van der Waals surface area contributed by atoms with E-state index < -0.39 is 0 Å². The van der Waals surface area contributed by atoms with Crippen LogP contribution in [0.25, 0.3) is 0 Å². The van der Waals surface area contributed by atoms with Crippen molar-refractivity contribution in [1.29, 1.82) is 0 Å². The Bertz CT molecular complexity index is 585. The minimum Gasteiger partial charge on any atom is -0.336 e. The number of carbonyl (C=O) groups excluding carboxylic acids is 1. The van der Waals surface area contributed by atoms with Crippen molar-refractivity contribution >= 4 is 23.3 Å². The summed E-state index contributed by atoms with van der Waals surface area (Å²) in [5.74, 6) is 5.38. The summed E-state index contributed by atoms with van der Waals surface area (Å²) in [7, 11) is 1.70. The number of nitrogen functional groups attached to an aromatic ring is 1. The molecule has 7 heteroatoms. The summed E-state index contributed by atoms with van der Waals surface area (Å²) in [6.45, 7) is 0.467. The minimum absolute atomic E-state index is 0.212. The van der Waals surface area contributed by atoms with Gasteiger partial charge in [0, 0.05) is 18.6 Å². The maximum atomic E-state index is 12.2. The summed E-state index contributed by atoms with van der Waals surface area (Å²) in [4.78, 5) is 13.7. The van der Waals surface area contributed by atoms with Crippen LogP contribution in [-0.2, 0) is 6.54 Å². The number of hydrogen-bond donors (Lipinski definition) is 2. The molecule has 2 aromatic rings. The molecule has 0 aliphatic carbocycles. The monoisotopic (exact) mass is 291 g/mol. The lowest BCUT2D eigenvalue weighted by Crippen LogP contribution is -2.27. The van der Waals surface area contributed by atoms with Crippen LogP contribution in [0.1, 0.15) is 16.1 Å². The minimum atomic E-state index is -0.212. The number of carbonyl (C=O) groups is 1. The van der Waals surface area contributed by atoms with Gasteiger partial charge in [-0.1, -0.05) is 23.7 Å². The van der Waals surface area contributed by atoms with Gasteiger partial charge in [0.1, 0.15) is 0 Å². The predicted molar refractivity (Wildman–Crippen MR) is 77.1 cm³/mol. The Kier molecular flexibility index (Phi) is 4.49. The van der Waals surface area contributed by atoms with Gasteiger partial charge in [-0.25, -0.2) is 5.84 Å². The molecule has 1 amide bonds. The number of halogens is 1. The van der Waals surface area contributed by atoms with Crippen molar-refractivity contribution < 1.29 is 4.79 Å². The van der Waals surface area contributed by atoms with E-state index in [0.29, 0.717) is 17.4 Å². The van der Waals surface area contributed by atoms with Crippen molar-refractivity contribution in [3.8, 4) is 0 Å². The number of anilines is 1. The number of hydrogen-bond acceptors (Lipinski definition) is 5. The van der Waals surface area contributed by atoms with Crippen LogP contribution in [0.4, 0.5) is 5.82 Å². The van der Waals surface area contributed by atoms with Crippen LogP contribution >= 0.6 is 11.6 Å². The molecule has 1 aromatic heterocycles. The van der Waals surface area contributed by atoms with Gasteiger partial charge in [-0.3, -0.25) is 4.79 Å². The first-order valence-electron chi connectivity index (χ1n) is 5.90. The third-order valence-electron chi connectivity index (χ3n) is 2.71. The van der Waals surface area contributed by atoms with Crippen molar-refractivity contribution in [3.05, 3.63) is 52.7 Å². The molecule has 0 saturated carbocycles. The van der Waals surface area contributed by atoms with Gasteiger partial charge in [-0.2, -0.15) is 0 Å². The van der Waals surface area contributed by atoms with Crippen LogP contribution in [0.5, 0.6) is 0 Å². The number of aromatic nitrogens is 2. The first kappa shape index (κ1) is 14.2. The summed E-state index contributed by atoms with van der Waals surface area (Å²) < 4.78 is 0. The Hall–Kier alpha value is -2.18. The molecule has 6 nitrogen and oxygen atoms in total. The highest BCUT2D eigenvalue weighted by Gasteiger charge is 2.14. The van der Waals surface area contributed by atoms with Gasteiger partial charge in [0.05, 0.1) is 0 Å². The lowest BCUT2D eigenvalue weighted by atomic mass is 10.2. The average molecular weight is 292 g/mol. The van der Waals surface area contributed by atoms with Crippen molar-refractivity contribution in [2.75, 3.05) is 12.5 Å². The molecule has 0 unspecified atom stereocenters. The van der Waals surface area contributed by atoms with E-state index in [1.54, 1.807) is 36.2 Å². The Morgan fingerprint density at radius 3 is 2.50 bits per heavy atom. The molecule has 2 rings (SSSR count). The lowest BCUT2D eigenvalue weighted by Gasteiger charge is -2.16. The topological polar surface area (TPSA) is 84.1 Å². The van der Waals surface area contributed by atoms with Crippen LogP contribution in [0.15, 0.2) is 36.4 Å². The summed E-state index contributed by atoms with van der Waals surface area (Å²) in [6.07, 6.45) is 0. The molecular formula is C13H14ClN5O. The fourth-order valence-corrected chi connectivity index (χ4v) is 1.78. The van der Waals surface area contributed by atoms with Crippen molar-refractivity contribution in [2.24, 2.45) is 5.84 Å². The number of amides is 1. The fourth-order valence-electron chi connectivity index (χ4n) is 1.65. The van der Waals surface area contributed by atoms with E-state index in [2.05, 4.69) is 15.6 Å². The molecule has 1 heterocycles. The van der Waals surface area contributed by atoms with Gasteiger partial charge in [0.2, 0.25) is 0 Å². The van der Waals surface area contributed by atoms with Gasteiger partial charge in [-0.15, -0.1) is 10.2 Å². The van der Waals surface area contributed by atoms with Crippen LogP contribution < -0.4 is 11.3 Å². The molecule has 0 aliphatic rings. The zero-order valence-electron chi connectivity index (χ0n) is 10.9. The van der Waals surface area contributed by atoms with E-state index >= 15 is 0 Å². The van der Waals surface area contributed by atoms with E-state index in [4.69, 9.17) is 17.4 Å². The highest BCUT2D eigenvalue weighted by molar-refractivity contribution is 6.30. The van der Waals surface area contributed by atoms with Crippen LogP contribution in [0, 0.1) is 0 Å². The maximum absolute atomic E-state index is 12.2. The SMILES string of the molecule is CN(Cc1ccc(Cl)cc1)C(=O)c1ccc(NN)nn1. The summed E-state index contributed by atoms with van der Waals surface area (Å²) in [6, 6.07) is 10.5. The number of nitrogens with zero attached hydrogens (tertiary/aromatic N) is 3. The smallest absolute Gasteiger partial charge is 0.274 e. The second-order valence-corrected chi connectivity index (χ2v) is 4.67. The molecule has 1 aromatic carbocycles. The first-order valence-corrected chi connectivity index (χ1v) is 6.28. The highest BCUT2D eigenvalue weighted by Crippen LogP contribution is 2.12. The van der Waals surface area contributed by atoms with E-state index in [9.17, 15) is 4.79 Å². The summed E-state index contributed by atoms with van der Waals surface area (Å²) in [5.41, 5.74) is 3.61. The number of nitrogens with one attached hydrogen (secondary N) is 1. The second kappa shape index (κ2) is 6.31. The quantitative estimate of drug-likeness (QED) is 0.661. The third kappa shape index (κ3) is 3.43. The van der Waals surface area contributed by atoms with Crippen LogP contribution in [-0.4, -0.2) is 28.1 Å². The molecule has 0 bridgehead atoms. The zero-order chi connectivity index (χ0) is 14.5. The zero-order valence-corrected chi connectivity index (χ0v) is 11.6. The van der Waals surface area contributed by atoms with E-state index in [-0.39, 0.29) is 11.6 Å². The molecule has 0 fully saturated rings. The predicted octanol–water partition coefficient (Wildman–Crippen LogP) is 1.69. The third-order valence-corrected chi connectivity index (χ3v) is 2.96. The number of hydrazine groups is 1. The largest absolute Gasteiger partial charge is 0.336 e. The highest BCUT2D eigenvalue weighted by atomic mass is 35.5. The van der Waals surface area contributed by atoms with Crippen LogP contribution in [0.3, 0.4) is 0 Å². The molecule has 0 aliphatic heterocycles. The number of rotatable bonds is 4. The average Bonchev–Trinajstić information content (AvgIpc) is 2.49. The van der Waals surface area contributed by atoms with Crippen molar-refractivity contribution in [3.63, 3.8) is 0 Å². The molecule has 20 heavy (non-hydrogen) atoms. The van der Waals surface area contributed by atoms with Gasteiger partial charge in [0.15, 0.2) is 11.5 Å². The van der Waals surface area contributed by atoms with Gasteiger partial charge >= 0.3 is 0 Å². The standard InChI is InChI=1S/C13H14ClN5O/c1-19(8-9-2-4-10(14)5-3-9)13(20)11-6-7-12(16-15)18-17-11/h2-7H,8,15H2,1H3,(H,16,18). The molecule has 0 saturated heterocycles. The summed E-state index contributed by atoms with van der Waals surface area (Å²) >= 11 is 5.82.